The van der Waals surface area contributed by atoms with Crippen molar-refractivity contribution in [1.29, 1.82) is 0 Å². The van der Waals surface area contributed by atoms with Crippen LogP contribution in [0, 0.1) is 11.8 Å². The fourth-order valence-corrected chi connectivity index (χ4v) is 1.19. The zero-order valence-electron chi connectivity index (χ0n) is 6.59. The van der Waals surface area contributed by atoms with E-state index in [1.807, 2.05) is 6.92 Å². The Balaban J connectivity index is 2.55. The quantitative estimate of drug-likeness (QED) is 0.480. The summed E-state index contributed by atoms with van der Waals surface area (Å²) < 4.78 is 4.95. The number of carbonyl (C=O) groups is 1. The number of rotatable bonds is 0. The molecule has 2 atom stereocenters. The summed E-state index contributed by atoms with van der Waals surface area (Å²) in [5, 5.41) is 0. The monoisotopic (exact) mass is 142 g/mol. The number of carbonyl (C=O) groups excluding carboxylic acids is 1. The molecule has 0 amide bonds. The number of hydrogen-bond donors (Lipinski definition) is 0. The Hall–Kier alpha value is -0.530. The highest BCUT2D eigenvalue weighted by Crippen LogP contribution is 2.21. The van der Waals surface area contributed by atoms with Crippen molar-refractivity contribution in [1.82, 2.24) is 0 Å². The third kappa shape index (κ3) is 1.49. The molecule has 2 nitrogen and oxygen atoms in total. The van der Waals surface area contributed by atoms with Gasteiger partial charge >= 0.3 is 5.97 Å². The van der Waals surface area contributed by atoms with Gasteiger partial charge in [0.2, 0.25) is 0 Å². The zero-order chi connectivity index (χ0) is 7.56. The highest BCUT2D eigenvalue weighted by atomic mass is 16.5. The van der Waals surface area contributed by atoms with E-state index in [0.29, 0.717) is 12.5 Å². The lowest BCUT2D eigenvalue weighted by Crippen LogP contribution is -2.17. The minimum atomic E-state index is -0.0231. The predicted octanol–water partition coefficient (Wildman–Crippen LogP) is 1.60. The van der Waals surface area contributed by atoms with Gasteiger partial charge in [0, 0.05) is 0 Å². The first-order valence-electron chi connectivity index (χ1n) is 3.88. The second kappa shape index (κ2) is 3.04. The summed E-state index contributed by atoms with van der Waals surface area (Å²) in [6.07, 6.45) is 2.14. The van der Waals surface area contributed by atoms with E-state index >= 15 is 0 Å². The van der Waals surface area contributed by atoms with E-state index in [2.05, 4.69) is 6.92 Å². The van der Waals surface area contributed by atoms with Crippen LogP contribution in [-0.4, -0.2) is 12.6 Å². The van der Waals surface area contributed by atoms with Gasteiger partial charge in [-0.2, -0.15) is 0 Å². The van der Waals surface area contributed by atoms with Crippen molar-refractivity contribution in [2.45, 2.75) is 26.7 Å². The SMILES string of the molecule is CC1CCCOC(=O)C1C. The topological polar surface area (TPSA) is 26.3 Å². The Morgan fingerprint density at radius 1 is 1.50 bits per heavy atom. The molecule has 2 unspecified atom stereocenters. The molecule has 0 aromatic rings. The van der Waals surface area contributed by atoms with E-state index in [1.165, 1.54) is 0 Å². The molecule has 1 aliphatic heterocycles. The molecule has 1 rings (SSSR count). The molecule has 0 radical (unpaired) electrons. The number of hydrogen-bond acceptors (Lipinski definition) is 2. The van der Waals surface area contributed by atoms with Crippen LogP contribution in [0.15, 0.2) is 0 Å². The molecule has 0 aromatic carbocycles. The highest BCUT2D eigenvalue weighted by Gasteiger charge is 2.23. The molecule has 1 fully saturated rings. The maximum atomic E-state index is 11.0. The Morgan fingerprint density at radius 2 is 2.20 bits per heavy atom. The van der Waals surface area contributed by atoms with E-state index in [4.69, 9.17) is 4.74 Å². The largest absolute Gasteiger partial charge is 0.465 e. The van der Waals surface area contributed by atoms with Crippen LogP contribution in [0.25, 0.3) is 0 Å². The smallest absolute Gasteiger partial charge is 0.308 e. The lowest BCUT2D eigenvalue weighted by atomic mass is 9.93. The molecule has 0 spiro atoms. The summed E-state index contributed by atoms with van der Waals surface area (Å²) >= 11 is 0. The van der Waals surface area contributed by atoms with Crippen molar-refractivity contribution in [3.05, 3.63) is 0 Å². The summed E-state index contributed by atoms with van der Waals surface area (Å²) in [6.45, 7) is 4.67. The van der Waals surface area contributed by atoms with Crippen LogP contribution in [0.2, 0.25) is 0 Å². The van der Waals surface area contributed by atoms with E-state index in [1.54, 1.807) is 0 Å². The molecule has 0 saturated carbocycles. The van der Waals surface area contributed by atoms with Gasteiger partial charge in [0.15, 0.2) is 0 Å². The Morgan fingerprint density at radius 3 is 2.90 bits per heavy atom. The minimum Gasteiger partial charge on any atom is -0.465 e. The summed E-state index contributed by atoms with van der Waals surface area (Å²) in [5.74, 6) is 0.572. The summed E-state index contributed by atoms with van der Waals surface area (Å²) in [5.41, 5.74) is 0. The molecular formula is C8H14O2. The van der Waals surface area contributed by atoms with Crippen LogP contribution >= 0.6 is 0 Å². The van der Waals surface area contributed by atoms with Gasteiger partial charge in [-0.15, -0.1) is 0 Å². The van der Waals surface area contributed by atoms with Crippen molar-refractivity contribution in [2.75, 3.05) is 6.61 Å². The van der Waals surface area contributed by atoms with Gasteiger partial charge in [-0.25, -0.2) is 0 Å². The number of cyclic esters (lactones) is 1. The molecule has 0 aromatic heterocycles. The van der Waals surface area contributed by atoms with E-state index in [9.17, 15) is 4.79 Å². The summed E-state index contributed by atoms with van der Waals surface area (Å²) in [7, 11) is 0. The average Bonchev–Trinajstić information content (AvgIpc) is 2.04. The molecule has 10 heavy (non-hydrogen) atoms. The third-order valence-corrected chi connectivity index (χ3v) is 2.27. The molecule has 0 N–H and O–H groups in total. The maximum Gasteiger partial charge on any atom is 0.308 e. The predicted molar refractivity (Wildman–Crippen MR) is 38.5 cm³/mol. The first kappa shape index (κ1) is 7.58. The maximum absolute atomic E-state index is 11.0. The zero-order valence-corrected chi connectivity index (χ0v) is 6.59. The second-order valence-corrected chi connectivity index (χ2v) is 3.08. The number of esters is 1. The van der Waals surface area contributed by atoms with Crippen LogP contribution in [0.1, 0.15) is 26.7 Å². The fourth-order valence-electron chi connectivity index (χ4n) is 1.19. The average molecular weight is 142 g/mol. The van der Waals surface area contributed by atoms with Crippen molar-refractivity contribution in [2.24, 2.45) is 11.8 Å². The lowest BCUT2D eigenvalue weighted by Gasteiger charge is -2.11. The molecular weight excluding hydrogens is 128 g/mol. The van der Waals surface area contributed by atoms with Crippen LogP contribution in [-0.2, 0) is 9.53 Å². The molecule has 0 aliphatic carbocycles. The molecule has 58 valence electrons. The van der Waals surface area contributed by atoms with Crippen LogP contribution in [0.4, 0.5) is 0 Å². The second-order valence-electron chi connectivity index (χ2n) is 3.08. The van der Waals surface area contributed by atoms with Gasteiger partial charge in [0.25, 0.3) is 0 Å². The van der Waals surface area contributed by atoms with Crippen LogP contribution < -0.4 is 0 Å². The van der Waals surface area contributed by atoms with Gasteiger partial charge in [-0.05, 0) is 18.8 Å². The Bertz CT molecular complexity index is 131. The highest BCUT2D eigenvalue weighted by molar-refractivity contribution is 5.72. The minimum absolute atomic E-state index is 0.0231. The first-order chi connectivity index (χ1) is 4.72. The number of ether oxygens (including phenoxy) is 1. The molecule has 1 saturated heterocycles. The van der Waals surface area contributed by atoms with Gasteiger partial charge < -0.3 is 4.74 Å². The fraction of sp³-hybridized carbons (Fsp3) is 0.875. The van der Waals surface area contributed by atoms with E-state index in [0.717, 1.165) is 12.8 Å². The molecule has 1 heterocycles. The first-order valence-corrected chi connectivity index (χ1v) is 3.88. The van der Waals surface area contributed by atoms with Gasteiger partial charge in [0.1, 0.15) is 0 Å². The summed E-state index contributed by atoms with van der Waals surface area (Å²) in [4.78, 5) is 11.0. The van der Waals surface area contributed by atoms with Gasteiger partial charge in [-0.3, -0.25) is 4.79 Å². The van der Waals surface area contributed by atoms with Gasteiger partial charge in [0.05, 0.1) is 12.5 Å². The van der Waals surface area contributed by atoms with Crippen molar-refractivity contribution in [3.8, 4) is 0 Å². The van der Waals surface area contributed by atoms with Crippen molar-refractivity contribution < 1.29 is 9.53 Å². The molecule has 0 bridgehead atoms. The lowest BCUT2D eigenvalue weighted by molar-refractivity contribution is -0.147. The van der Waals surface area contributed by atoms with Gasteiger partial charge in [-0.1, -0.05) is 13.8 Å². The van der Waals surface area contributed by atoms with Crippen LogP contribution in [0.3, 0.4) is 0 Å². The molecule has 2 heteroatoms. The van der Waals surface area contributed by atoms with Crippen molar-refractivity contribution >= 4 is 5.97 Å². The third-order valence-electron chi connectivity index (χ3n) is 2.27. The van der Waals surface area contributed by atoms with E-state index < -0.39 is 0 Å². The van der Waals surface area contributed by atoms with Crippen molar-refractivity contribution in [3.63, 3.8) is 0 Å². The standard InChI is InChI=1S/C8H14O2/c1-6-4-3-5-10-8(9)7(6)2/h6-7H,3-5H2,1-2H3. The normalized spacial score (nSPS) is 34.8. The molecule has 1 aliphatic rings. The van der Waals surface area contributed by atoms with E-state index in [-0.39, 0.29) is 11.9 Å². The Kier molecular flexibility index (Phi) is 2.30. The summed E-state index contributed by atoms with van der Waals surface area (Å²) in [6, 6.07) is 0. The Labute approximate surface area is 61.6 Å². The van der Waals surface area contributed by atoms with Crippen LogP contribution in [0.5, 0.6) is 0 Å².